The van der Waals surface area contributed by atoms with Gasteiger partial charge in [0, 0.05) is 22.9 Å². The maximum Gasteiger partial charge on any atom is 0.298 e. The van der Waals surface area contributed by atoms with E-state index in [-0.39, 0.29) is 0 Å². The fourth-order valence-corrected chi connectivity index (χ4v) is 4.79. The molecule has 0 atom stereocenters. The summed E-state index contributed by atoms with van der Waals surface area (Å²) in [7, 11) is 0. The number of halogens is 1. The van der Waals surface area contributed by atoms with Crippen molar-refractivity contribution < 1.29 is 9.53 Å². The van der Waals surface area contributed by atoms with Crippen molar-refractivity contribution >= 4 is 35.5 Å². The molecule has 0 aliphatic carbocycles. The summed E-state index contributed by atoms with van der Waals surface area (Å²) in [5.41, 5.74) is 6.41. The molecule has 1 aliphatic heterocycles. The van der Waals surface area contributed by atoms with Gasteiger partial charge in [0.15, 0.2) is 0 Å². The van der Waals surface area contributed by atoms with E-state index in [1.54, 1.807) is 13.0 Å². The fraction of sp³-hybridized carbons (Fsp3) is 0.433. The Hall–Kier alpha value is -2.52. The van der Waals surface area contributed by atoms with Crippen molar-refractivity contribution in [3.05, 3.63) is 76.0 Å². The summed E-state index contributed by atoms with van der Waals surface area (Å²) in [5.74, 6) is 0.574. The van der Waals surface area contributed by atoms with Gasteiger partial charge in [-0.3, -0.25) is 4.79 Å². The van der Waals surface area contributed by atoms with Gasteiger partial charge in [-0.15, -0.1) is 0 Å². The molecular formula is C30H38ClNO2. The zero-order valence-electron chi connectivity index (χ0n) is 20.7. The number of carbonyl (C=O) groups excluding carboxylic acids is 1. The summed E-state index contributed by atoms with van der Waals surface area (Å²) >= 11 is 6.42. The SMILES string of the molecule is CCCCCCCCCCN1c2ccc(/C=C/C=C(/C)OC=O)cc2CCc2ccc(Cl)cc21. The summed E-state index contributed by atoms with van der Waals surface area (Å²) in [6.45, 7) is 5.50. The Morgan fingerprint density at radius 3 is 2.44 bits per heavy atom. The minimum Gasteiger partial charge on any atom is -0.434 e. The molecule has 182 valence electrons. The largest absolute Gasteiger partial charge is 0.434 e. The molecule has 0 radical (unpaired) electrons. The van der Waals surface area contributed by atoms with E-state index in [2.05, 4.69) is 48.2 Å². The molecule has 1 aliphatic rings. The second-order valence-electron chi connectivity index (χ2n) is 9.14. The number of carbonyl (C=O) groups is 1. The van der Waals surface area contributed by atoms with E-state index in [4.69, 9.17) is 16.3 Å². The maximum absolute atomic E-state index is 10.5. The van der Waals surface area contributed by atoms with Crippen LogP contribution in [0.3, 0.4) is 0 Å². The van der Waals surface area contributed by atoms with Crippen LogP contribution in [0.25, 0.3) is 6.08 Å². The zero-order chi connectivity index (χ0) is 24.2. The third kappa shape index (κ3) is 7.77. The molecule has 2 aromatic rings. The topological polar surface area (TPSA) is 29.5 Å². The maximum atomic E-state index is 10.5. The zero-order valence-corrected chi connectivity index (χ0v) is 21.4. The number of fused-ring (bicyclic) bond motifs is 2. The molecule has 3 nitrogen and oxygen atoms in total. The van der Waals surface area contributed by atoms with Crippen LogP contribution in [-0.4, -0.2) is 13.0 Å². The van der Waals surface area contributed by atoms with Gasteiger partial charge in [-0.1, -0.05) is 87.8 Å². The lowest BCUT2D eigenvalue weighted by atomic mass is 10.0. The number of aryl methyl sites for hydroxylation is 2. The van der Waals surface area contributed by atoms with Crippen LogP contribution in [-0.2, 0) is 22.4 Å². The first kappa shape index (κ1) is 26.1. The number of anilines is 2. The van der Waals surface area contributed by atoms with Gasteiger partial charge in [-0.05, 0) is 73.2 Å². The molecule has 0 fully saturated rings. The van der Waals surface area contributed by atoms with Crippen molar-refractivity contribution in [3.8, 4) is 0 Å². The Morgan fingerprint density at radius 1 is 0.941 bits per heavy atom. The lowest BCUT2D eigenvalue weighted by molar-refractivity contribution is -0.124. The van der Waals surface area contributed by atoms with E-state index < -0.39 is 0 Å². The second-order valence-corrected chi connectivity index (χ2v) is 9.57. The molecule has 3 rings (SSSR count). The van der Waals surface area contributed by atoms with E-state index >= 15 is 0 Å². The minimum atomic E-state index is 0.451. The highest BCUT2D eigenvalue weighted by molar-refractivity contribution is 6.30. The molecule has 0 N–H and O–H groups in total. The van der Waals surface area contributed by atoms with Crippen LogP contribution in [0.15, 0.2) is 54.3 Å². The van der Waals surface area contributed by atoms with Gasteiger partial charge in [0.25, 0.3) is 6.47 Å². The van der Waals surface area contributed by atoms with Crippen LogP contribution in [0.2, 0.25) is 5.02 Å². The van der Waals surface area contributed by atoms with E-state index in [9.17, 15) is 4.79 Å². The van der Waals surface area contributed by atoms with Crippen LogP contribution in [0.1, 0.15) is 81.9 Å². The molecule has 0 bridgehead atoms. The number of unbranched alkanes of at least 4 members (excludes halogenated alkanes) is 7. The number of hydrogen-bond donors (Lipinski definition) is 0. The van der Waals surface area contributed by atoms with E-state index in [1.807, 2.05) is 12.1 Å². The summed E-state index contributed by atoms with van der Waals surface area (Å²) in [4.78, 5) is 12.9. The molecule has 0 aromatic heterocycles. The summed E-state index contributed by atoms with van der Waals surface area (Å²) < 4.78 is 4.84. The fourth-order valence-electron chi connectivity index (χ4n) is 4.63. The lowest BCUT2D eigenvalue weighted by Crippen LogP contribution is -2.19. The molecule has 34 heavy (non-hydrogen) atoms. The van der Waals surface area contributed by atoms with Crippen LogP contribution in [0.4, 0.5) is 11.4 Å². The third-order valence-electron chi connectivity index (χ3n) is 6.49. The molecule has 0 saturated carbocycles. The first-order chi connectivity index (χ1) is 16.6. The number of hydrogen-bond acceptors (Lipinski definition) is 3. The number of benzene rings is 2. The predicted octanol–water partition coefficient (Wildman–Crippen LogP) is 8.81. The molecule has 1 heterocycles. The van der Waals surface area contributed by atoms with Crippen molar-refractivity contribution in [2.24, 2.45) is 0 Å². The summed E-state index contributed by atoms with van der Waals surface area (Å²) in [5, 5.41) is 0.794. The van der Waals surface area contributed by atoms with Gasteiger partial charge in [0.2, 0.25) is 0 Å². The molecule has 0 amide bonds. The molecule has 0 spiro atoms. The Bertz CT molecular complexity index is 995. The van der Waals surface area contributed by atoms with E-state index in [0.717, 1.165) is 30.0 Å². The Kier molecular flexibility index (Phi) is 10.8. The number of ether oxygens (including phenoxy) is 1. The average Bonchev–Trinajstić information content (AvgIpc) is 2.97. The standard InChI is InChI=1S/C30H38ClNO2/c1-3-4-5-6-7-8-9-10-20-32-29-19-14-25(13-11-12-24(2)34-23-33)21-27(29)16-15-26-17-18-28(31)22-30(26)32/h11-14,17-19,21-23H,3-10,15-16,20H2,1-2H3/b13-11+,24-12-. The van der Waals surface area contributed by atoms with Crippen LogP contribution >= 0.6 is 11.6 Å². The van der Waals surface area contributed by atoms with Crippen molar-refractivity contribution in [1.29, 1.82) is 0 Å². The van der Waals surface area contributed by atoms with Gasteiger partial charge in [-0.25, -0.2) is 0 Å². The van der Waals surface area contributed by atoms with Crippen LogP contribution in [0, 0.1) is 0 Å². The second kappa shape index (κ2) is 14.0. The van der Waals surface area contributed by atoms with Gasteiger partial charge < -0.3 is 9.64 Å². The van der Waals surface area contributed by atoms with Crippen LogP contribution in [0.5, 0.6) is 0 Å². The van der Waals surface area contributed by atoms with Crippen molar-refractivity contribution in [1.82, 2.24) is 0 Å². The number of allylic oxidation sites excluding steroid dienone is 3. The molecule has 0 saturated heterocycles. The van der Waals surface area contributed by atoms with Gasteiger partial charge in [-0.2, -0.15) is 0 Å². The number of rotatable bonds is 13. The summed E-state index contributed by atoms with van der Waals surface area (Å²) in [6, 6.07) is 13.0. The minimum absolute atomic E-state index is 0.451. The molecule has 0 unspecified atom stereocenters. The van der Waals surface area contributed by atoms with E-state index in [1.165, 1.54) is 73.9 Å². The first-order valence-electron chi connectivity index (χ1n) is 12.8. The monoisotopic (exact) mass is 479 g/mol. The first-order valence-corrected chi connectivity index (χ1v) is 13.1. The lowest BCUT2D eigenvalue weighted by Gasteiger charge is -2.27. The molecule has 2 aromatic carbocycles. The highest BCUT2D eigenvalue weighted by atomic mass is 35.5. The van der Waals surface area contributed by atoms with Crippen LogP contribution < -0.4 is 4.90 Å². The van der Waals surface area contributed by atoms with Crippen molar-refractivity contribution in [2.45, 2.75) is 78.1 Å². The van der Waals surface area contributed by atoms with E-state index in [0.29, 0.717) is 12.2 Å². The third-order valence-corrected chi connectivity index (χ3v) is 6.72. The predicted molar refractivity (Wildman–Crippen MR) is 145 cm³/mol. The number of nitrogens with zero attached hydrogens (tertiary/aromatic N) is 1. The van der Waals surface area contributed by atoms with Crippen molar-refractivity contribution in [3.63, 3.8) is 0 Å². The highest BCUT2D eigenvalue weighted by Crippen LogP contribution is 2.38. The highest BCUT2D eigenvalue weighted by Gasteiger charge is 2.21. The average molecular weight is 480 g/mol. The molecular weight excluding hydrogens is 442 g/mol. The van der Waals surface area contributed by atoms with Gasteiger partial charge >= 0.3 is 0 Å². The Balaban J connectivity index is 1.74. The molecule has 4 heteroatoms. The smallest absolute Gasteiger partial charge is 0.298 e. The quantitative estimate of drug-likeness (QED) is 0.124. The Labute approximate surface area is 210 Å². The van der Waals surface area contributed by atoms with Gasteiger partial charge in [0.05, 0.1) is 0 Å². The van der Waals surface area contributed by atoms with Crippen molar-refractivity contribution in [2.75, 3.05) is 11.4 Å². The van der Waals surface area contributed by atoms with Gasteiger partial charge in [0.1, 0.15) is 5.76 Å². The summed E-state index contributed by atoms with van der Waals surface area (Å²) in [6.07, 6.45) is 18.3. The normalized spacial score (nSPS) is 13.5. The Morgan fingerprint density at radius 2 is 1.68 bits per heavy atom.